The zero-order valence-electron chi connectivity index (χ0n) is 16.5. The first-order valence-corrected chi connectivity index (χ1v) is 11.3. The zero-order valence-corrected chi connectivity index (χ0v) is 18.1. The molecule has 3 rings (SSSR count). The van der Waals surface area contributed by atoms with Crippen molar-refractivity contribution in [3.8, 4) is 5.75 Å². The molecule has 0 unspecified atom stereocenters. The SMILES string of the molecule is CCn1c(COc2ccc(F)c(Cl)c2)nnc1SCC(=O)NC1CCCCCC1. The van der Waals surface area contributed by atoms with Crippen molar-refractivity contribution < 1.29 is 13.9 Å². The van der Waals surface area contributed by atoms with Gasteiger partial charge in [0.05, 0.1) is 10.8 Å². The van der Waals surface area contributed by atoms with Gasteiger partial charge in [0.1, 0.15) is 18.2 Å². The largest absolute Gasteiger partial charge is 0.486 e. The fourth-order valence-corrected chi connectivity index (χ4v) is 4.39. The van der Waals surface area contributed by atoms with Crippen LogP contribution in [-0.4, -0.2) is 32.5 Å². The monoisotopic (exact) mass is 440 g/mol. The van der Waals surface area contributed by atoms with E-state index in [2.05, 4.69) is 15.5 Å². The van der Waals surface area contributed by atoms with Gasteiger partial charge >= 0.3 is 0 Å². The van der Waals surface area contributed by atoms with Gasteiger partial charge in [-0.2, -0.15) is 0 Å². The molecule has 0 atom stereocenters. The second kappa shape index (κ2) is 10.8. The first-order chi connectivity index (χ1) is 14.1. The summed E-state index contributed by atoms with van der Waals surface area (Å²) in [4.78, 5) is 12.3. The lowest BCUT2D eigenvalue weighted by atomic mass is 10.1. The number of benzene rings is 1. The highest BCUT2D eigenvalue weighted by atomic mass is 35.5. The Labute approximate surface area is 179 Å². The molecule has 0 saturated heterocycles. The molecule has 0 aliphatic heterocycles. The standard InChI is InChI=1S/C20H26ClFN4O2S/c1-2-26-18(12-28-15-9-10-17(22)16(21)11-15)24-25-20(26)29-13-19(27)23-14-7-5-3-4-6-8-14/h9-11,14H,2-8,12-13H2,1H3,(H,23,27). The van der Waals surface area contributed by atoms with E-state index in [9.17, 15) is 9.18 Å². The van der Waals surface area contributed by atoms with Gasteiger partial charge < -0.3 is 14.6 Å². The molecule has 6 nitrogen and oxygen atoms in total. The molecular weight excluding hydrogens is 415 g/mol. The topological polar surface area (TPSA) is 69.0 Å². The summed E-state index contributed by atoms with van der Waals surface area (Å²) in [7, 11) is 0. The summed E-state index contributed by atoms with van der Waals surface area (Å²) in [5.74, 6) is 0.949. The maximum absolute atomic E-state index is 13.3. The molecule has 1 amide bonds. The second-order valence-electron chi connectivity index (χ2n) is 7.05. The van der Waals surface area contributed by atoms with E-state index in [1.807, 2.05) is 11.5 Å². The molecule has 9 heteroatoms. The van der Waals surface area contributed by atoms with Gasteiger partial charge in [-0.05, 0) is 31.9 Å². The molecule has 29 heavy (non-hydrogen) atoms. The molecule has 0 spiro atoms. The third-order valence-electron chi connectivity index (χ3n) is 4.92. The quantitative estimate of drug-likeness (QED) is 0.480. The van der Waals surface area contributed by atoms with Gasteiger partial charge in [-0.25, -0.2) is 4.39 Å². The first kappa shape index (κ1) is 21.9. The number of hydrogen-bond acceptors (Lipinski definition) is 5. The summed E-state index contributed by atoms with van der Waals surface area (Å²) in [6.45, 7) is 2.82. The van der Waals surface area contributed by atoms with Crippen LogP contribution in [0.25, 0.3) is 0 Å². The Balaban J connectivity index is 1.53. The molecule has 1 fully saturated rings. The summed E-state index contributed by atoms with van der Waals surface area (Å²) in [6, 6.07) is 4.50. The molecule has 1 aliphatic rings. The van der Waals surface area contributed by atoms with Gasteiger partial charge in [-0.1, -0.05) is 49.0 Å². The van der Waals surface area contributed by atoms with Crippen LogP contribution in [0.4, 0.5) is 4.39 Å². The number of ether oxygens (including phenoxy) is 1. The molecule has 1 aromatic heterocycles. The second-order valence-corrected chi connectivity index (χ2v) is 8.40. The van der Waals surface area contributed by atoms with E-state index in [0.717, 1.165) is 12.8 Å². The van der Waals surface area contributed by atoms with Crippen molar-refractivity contribution in [3.63, 3.8) is 0 Å². The maximum Gasteiger partial charge on any atom is 0.230 e. The lowest BCUT2D eigenvalue weighted by molar-refractivity contribution is -0.119. The fourth-order valence-electron chi connectivity index (χ4n) is 3.39. The van der Waals surface area contributed by atoms with Crippen molar-refractivity contribution in [1.82, 2.24) is 20.1 Å². The van der Waals surface area contributed by atoms with Crippen LogP contribution in [0, 0.1) is 5.82 Å². The van der Waals surface area contributed by atoms with Gasteiger partial charge in [0.2, 0.25) is 5.91 Å². The third-order valence-corrected chi connectivity index (χ3v) is 6.18. The fraction of sp³-hybridized carbons (Fsp3) is 0.550. The Kier molecular flexibility index (Phi) is 8.18. The summed E-state index contributed by atoms with van der Waals surface area (Å²) in [6.07, 6.45) is 7.02. The molecule has 2 aromatic rings. The summed E-state index contributed by atoms with van der Waals surface area (Å²) in [5.41, 5.74) is 0. The molecule has 1 aliphatic carbocycles. The number of hydrogen-bond donors (Lipinski definition) is 1. The van der Waals surface area contributed by atoms with Crippen LogP contribution in [0.2, 0.25) is 5.02 Å². The van der Waals surface area contributed by atoms with Crippen molar-refractivity contribution >= 4 is 29.3 Å². The van der Waals surface area contributed by atoms with E-state index in [4.69, 9.17) is 16.3 Å². The van der Waals surface area contributed by atoms with Crippen molar-refractivity contribution in [2.75, 3.05) is 5.75 Å². The third kappa shape index (κ3) is 6.34. The minimum absolute atomic E-state index is 0.00962. The lowest BCUT2D eigenvalue weighted by Crippen LogP contribution is -2.35. The minimum Gasteiger partial charge on any atom is -0.486 e. The predicted octanol–water partition coefficient (Wildman–Crippen LogP) is 4.60. The van der Waals surface area contributed by atoms with E-state index in [0.29, 0.717) is 35.1 Å². The van der Waals surface area contributed by atoms with Crippen molar-refractivity contribution in [2.45, 2.75) is 69.8 Å². The highest BCUT2D eigenvalue weighted by Gasteiger charge is 2.17. The molecular formula is C20H26ClFN4O2S. The van der Waals surface area contributed by atoms with Crippen molar-refractivity contribution in [2.24, 2.45) is 0 Å². The van der Waals surface area contributed by atoms with Crippen LogP contribution in [0.5, 0.6) is 5.75 Å². The molecule has 1 aromatic carbocycles. The number of aromatic nitrogens is 3. The average Bonchev–Trinajstić information content (AvgIpc) is 2.92. The molecule has 0 bridgehead atoms. The molecule has 1 N–H and O–H groups in total. The average molecular weight is 441 g/mol. The van der Waals surface area contributed by atoms with Gasteiger partial charge in [-0.3, -0.25) is 4.79 Å². The molecule has 158 valence electrons. The zero-order chi connectivity index (χ0) is 20.6. The number of nitrogens with one attached hydrogen (secondary N) is 1. The first-order valence-electron chi connectivity index (χ1n) is 9.99. The van der Waals surface area contributed by atoms with E-state index >= 15 is 0 Å². The molecule has 1 saturated carbocycles. The Morgan fingerprint density at radius 3 is 2.76 bits per heavy atom. The maximum atomic E-state index is 13.3. The summed E-state index contributed by atoms with van der Waals surface area (Å²) < 4.78 is 20.8. The van der Waals surface area contributed by atoms with Crippen LogP contribution in [0.3, 0.4) is 0 Å². The number of carbonyl (C=O) groups excluding carboxylic acids is 1. The van der Waals surface area contributed by atoms with Crippen LogP contribution >= 0.6 is 23.4 Å². The highest BCUT2D eigenvalue weighted by Crippen LogP contribution is 2.23. The van der Waals surface area contributed by atoms with Crippen LogP contribution in [0.1, 0.15) is 51.3 Å². The Hall–Kier alpha value is -1.80. The van der Waals surface area contributed by atoms with Crippen LogP contribution < -0.4 is 10.1 Å². The van der Waals surface area contributed by atoms with Gasteiger partial charge in [0, 0.05) is 18.7 Å². The summed E-state index contributed by atoms with van der Waals surface area (Å²) >= 11 is 7.15. The van der Waals surface area contributed by atoms with Gasteiger partial charge in [0.15, 0.2) is 11.0 Å². The van der Waals surface area contributed by atoms with Gasteiger partial charge in [-0.15, -0.1) is 10.2 Å². The Morgan fingerprint density at radius 1 is 1.31 bits per heavy atom. The smallest absolute Gasteiger partial charge is 0.230 e. The molecule has 1 heterocycles. The van der Waals surface area contributed by atoms with E-state index in [1.165, 1.54) is 55.6 Å². The summed E-state index contributed by atoms with van der Waals surface area (Å²) in [5, 5.41) is 12.2. The number of carbonyl (C=O) groups is 1. The lowest BCUT2D eigenvalue weighted by Gasteiger charge is -2.16. The Morgan fingerprint density at radius 2 is 2.07 bits per heavy atom. The number of amides is 1. The van der Waals surface area contributed by atoms with Gasteiger partial charge in [0.25, 0.3) is 0 Å². The van der Waals surface area contributed by atoms with Crippen LogP contribution in [-0.2, 0) is 17.9 Å². The number of halogens is 2. The van der Waals surface area contributed by atoms with Crippen molar-refractivity contribution in [3.05, 3.63) is 34.9 Å². The number of rotatable bonds is 8. The normalized spacial score (nSPS) is 15.1. The molecule has 0 radical (unpaired) electrons. The predicted molar refractivity (Wildman–Crippen MR) is 112 cm³/mol. The minimum atomic E-state index is -0.489. The van der Waals surface area contributed by atoms with Crippen molar-refractivity contribution in [1.29, 1.82) is 0 Å². The number of thioether (sulfide) groups is 1. The number of nitrogens with zero attached hydrogens (tertiary/aromatic N) is 3. The van der Waals surface area contributed by atoms with Crippen LogP contribution in [0.15, 0.2) is 23.4 Å². The van der Waals surface area contributed by atoms with E-state index < -0.39 is 5.82 Å². The van der Waals surface area contributed by atoms with E-state index in [1.54, 1.807) is 0 Å². The Bertz CT molecular complexity index is 825. The highest BCUT2D eigenvalue weighted by molar-refractivity contribution is 7.99. The van der Waals surface area contributed by atoms with E-state index in [-0.39, 0.29) is 17.5 Å².